The summed E-state index contributed by atoms with van der Waals surface area (Å²) in [5.41, 5.74) is 3.10. The zero-order valence-electron chi connectivity index (χ0n) is 11.5. The lowest BCUT2D eigenvalue weighted by Gasteiger charge is -2.17. The second-order valence-corrected chi connectivity index (χ2v) is 9.35. The van der Waals surface area contributed by atoms with Gasteiger partial charge in [-0.25, -0.2) is 8.42 Å². The summed E-state index contributed by atoms with van der Waals surface area (Å²) < 4.78 is 27.7. The quantitative estimate of drug-likeness (QED) is 0.876. The number of benzene rings is 1. The summed E-state index contributed by atoms with van der Waals surface area (Å²) in [5.74, 6) is 0. The molecule has 112 valence electrons. The van der Waals surface area contributed by atoms with Gasteiger partial charge in [0.2, 0.25) is 10.0 Å². The second-order valence-electron chi connectivity index (χ2n) is 5.02. The van der Waals surface area contributed by atoms with Crippen molar-refractivity contribution in [3.05, 3.63) is 44.6 Å². The van der Waals surface area contributed by atoms with Crippen molar-refractivity contribution in [2.24, 2.45) is 0 Å². The first-order valence-electron chi connectivity index (χ1n) is 6.53. The van der Waals surface area contributed by atoms with E-state index in [1.165, 1.54) is 9.87 Å². The Kier molecular flexibility index (Phi) is 4.09. The molecule has 7 heteroatoms. The van der Waals surface area contributed by atoms with Crippen LogP contribution in [0.2, 0.25) is 0 Å². The molecule has 1 aromatic carbocycles. The highest BCUT2D eigenvalue weighted by Gasteiger charge is 2.23. The van der Waals surface area contributed by atoms with Crippen molar-refractivity contribution in [1.82, 2.24) is 4.31 Å². The van der Waals surface area contributed by atoms with E-state index in [9.17, 15) is 8.42 Å². The van der Waals surface area contributed by atoms with E-state index in [0.29, 0.717) is 11.4 Å². The molecular formula is C14H15BrN2O2S2. The van der Waals surface area contributed by atoms with Crippen LogP contribution in [0.4, 0.5) is 5.69 Å². The second kappa shape index (κ2) is 5.72. The zero-order chi connectivity index (χ0) is 15.0. The topological polar surface area (TPSA) is 49.4 Å². The van der Waals surface area contributed by atoms with Crippen LogP contribution in [0.5, 0.6) is 0 Å². The van der Waals surface area contributed by atoms with Crippen LogP contribution in [0.25, 0.3) is 0 Å². The van der Waals surface area contributed by atoms with Gasteiger partial charge in [-0.15, -0.1) is 11.3 Å². The fourth-order valence-electron chi connectivity index (χ4n) is 2.38. The Bertz CT molecular complexity index is 771. The lowest BCUT2D eigenvalue weighted by molar-refractivity contribution is 0.467. The van der Waals surface area contributed by atoms with Gasteiger partial charge in [0.05, 0.1) is 8.68 Å². The first-order valence-corrected chi connectivity index (χ1v) is 9.64. The van der Waals surface area contributed by atoms with Crippen molar-refractivity contribution in [3.8, 4) is 0 Å². The fraction of sp³-hybridized carbons (Fsp3) is 0.286. The van der Waals surface area contributed by atoms with Crippen LogP contribution >= 0.6 is 27.3 Å². The molecule has 2 heterocycles. The van der Waals surface area contributed by atoms with Crippen LogP contribution in [0.3, 0.4) is 0 Å². The molecule has 0 fully saturated rings. The molecule has 2 aromatic rings. The lowest BCUT2D eigenvalue weighted by Crippen LogP contribution is -2.26. The van der Waals surface area contributed by atoms with Crippen LogP contribution in [0, 0.1) is 0 Å². The highest BCUT2D eigenvalue weighted by molar-refractivity contribution is 9.11. The Hall–Kier alpha value is -0.890. The number of anilines is 1. The van der Waals surface area contributed by atoms with Gasteiger partial charge in [-0.2, -0.15) is 4.31 Å². The van der Waals surface area contributed by atoms with Gasteiger partial charge >= 0.3 is 0 Å². The summed E-state index contributed by atoms with van der Waals surface area (Å²) in [6.07, 6.45) is 0.953. The number of hydrogen-bond donors (Lipinski definition) is 1. The lowest BCUT2D eigenvalue weighted by atomic mass is 10.2. The number of fused-ring (bicyclic) bond motifs is 1. The fourth-order valence-corrected chi connectivity index (χ4v) is 4.77. The predicted octanol–water partition coefficient (Wildman–Crippen LogP) is 3.30. The van der Waals surface area contributed by atoms with Crippen LogP contribution in [0.15, 0.2) is 38.3 Å². The van der Waals surface area contributed by atoms with Crippen LogP contribution in [-0.4, -0.2) is 26.3 Å². The molecule has 0 atom stereocenters. The van der Waals surface area contributed by atoms with Crippen molar-refractivity contribution in [3.63, 3.8) is 0 Å². The number of nitrogens with one attached hydrogen (secondary N) is 1. The van der Waals surface area contributed by atoms with E-state index >= 15 is 0 Å². The van der Waals surface area contributed by atoms with Gasteiger partial charge in [-0.3, -0.25) is 0 Å². The van der Waals surface area contributed by atoms with E-state index in [1.807, 2.05) is 17.5 Å². The van der Waals surface area contributed by atoms with Gasteiger partial charge in [-0.05, 0) is 57.1 Å². The molecule has 3 rings (SSSR count). The van der Waals surface area contributed by atoms with Crippen molar-refractivity contribution < 1.29 is 8.42 Å². The third kappa shape index (κ3) is 3.01. The van der Waals surface area contributed by atoms with E-state index in [-0.39, 0.29) is 0 Å². The SMILES string of the molecule is CN(Cc1csc(Br)c1)S(=O)(=O)c1ccc2c(c1)NCC2. The normalized spacial score (nSPS) is 14.2. The molecule has 0 amide bonds. The summed E-state index contributed by atoms with van der Waals surface area (Å²) in [5, 5.41) is 5.18. The molecule has 1 aliphatic rings. The van der Waals surface area contributed by atoms with Gasteiger partial charge in [0.1, 0.15) is 0 Å². The van der Waals surface area contributed by atoms with Crippen molar-refractivity contribution in [2.45, 2.75) is 17.9 Å². The average molecular weight is 387 g/mol. The third-order valence-corrected chi connectivity index (χ3v) is 6.88. The molecule has 0 aliphatic carbocycles. The highest BCUT2D eigenvalue weighted by atomic mass is 79.9. The number of sulfonamides is 1. The minimum Gasteiger partial charge on any atom is -0.384 e. The molecule has 21 heavy (non-hydrogen) atoms. The van der Waals surface area contributed by atoms with Crippen LogP contribution < -0.4 is 5.32 Å². The monoisotopic (exact) mass is 386 g/mol. The largest absolute Gasteiger partial charge is 0.384 e. The summed E-state index contributed by atoms with van der Waals surface area (Å²) >= 11 is 4.95. The Morgan fingerprint density at radius 2 is 2.19 bits per heavy atom. The summed E-state index contributed by atoms with van der Waals surface area (Å²) in [7, 11) is -1.85. The molecule has 0 radical (unpaired) electrons. The standard InChI is InChI=1S/C14H15BrN2O2S2/c1-17(8-10-6-14(15)20-9-10)21(18,19)12-3-2-11-4-5-16-13(11)7-12/h2-3,6-7,9,16H,4-5,8H2,1H3. The molecular weight excluding hydrogens is 372 g/mol. The Morgan fingerprint density at radius 1 is 1.38 bits per heavy atom. The van der Waals surface area contributed by atoms with Gasteiger partial charge < -0.3 is 5.32 Å². The molecule has 0 saturated heterocycles. The third-order valence-electron chi connectivity index (χ3n) is 3.53. The summed E-state index contributed by atoms with van der Waals surface area (Å²) in [6.45, 7) is 1.24. The molecule has 1 aromatic heterocycles. The Balaban J connectivity index is 1.85. The summed E-state index contributed by atoms with van der Waals surface area (Å²) in [6, 6.07) is 7.27. The van der Waals surface area contributed by atoms with E-state index in [2.05, 4.69) is 21.2 Å². The molecule has 0 bridgehead atoms. The first kappa shape index (κ1) is 15.0. The maximum Gasteiger partial charge on any atom is 0.243 e. The van der Waals surface area contributed by atoms with Gasteiger partial charge in [0.25, 0.3) is 0 Å². The first-order chi connectivity index (χ1) is 9.96. The van der Waals surface area contributed by atoms with Crippen molar-refractivity contribution in [1.29, 1.82) is 0 Å². The number of thiophene rings is 1. The molecule has 0 unspecified atom stereocenters. The highest BCUT2D eigenvalue weighted by Crippen LogP contribution is 2.28. The summed E-state index contributed by atoms with van der Waals surface area (Å²) in [4.78, 5) is 0.340. The number of nitrogens with zero attached hydrogens (tertiary/aromatic N) is 1. The predicted molar refractivity (Wildman–Crippen MR) is 89.3 cm³/mol. The smallest absolute Gasteiger partial charge is 0.243 e. The minimum absolute atomic E-state index is 0.340. The maximum atomic E-state index is 12.6. The van der Waals surface area contributed by atoms with E-state index in [1.54, 1.807) is 30.5 Å². The molecule has 0 saturated carbocycles. The minimum atomic E-state index is -3.47. The number of halogens is 1. The van der Waals surface area contributed by atoms with E-state index in [0.717, 1.165) is 28.0 Å². The Morgan fingerprint density at radius 3 is 2.90 bits per heavy atom. The van der Waals surface area contributed by atoms with Crippen molar-refractivity contribution in [2.75, 3.05) is 18.9 Å². The molecule has 0 spiro atoms. The number of rotatable bonds is 4. The van der Waals surface area contributed by atoms with Gasteiger partial charge in [-0.1, -0.05) is 6.07 Å². The molecule has 4 nitrogen and oxygen atoms in total. The van der Waals surface area contributed by atoms with Gasteiger partial charge in [0.15, 0.2) is 0 Å². The maximum absolute atomic E-state index is 12.6. The molecule has 1 N–H and O–H groups in total. The average Bonchev–Trinajstić information content (AvgIpc) is 3.06. The van der Waals surface area contributed by atoms with Crippen LogP contribution in [0.1, 0.15) is 11.1 Å². The van der Waals surface area contributed by atoms with E-state index < -0.39 is 10.0 Å². The van der Waals surface area contributed by atoms with E-state index in [4.69, 9.17) is 0 Å². The molecule has 1 aliphatic heterocycles. The van der Waals surface area contributed by atoms with Crippen LogP contribution in [-0.2, 0) is 23.0 Å². The number of hydrogen-bond acceptors (Lipinski definition) is 4. The van der Waals surface area contributed by atoms with Crippen molar-refractivity contribution >= 4 is 43.0 Å². The van der Waals surface area contributed by atoms with Gasteiger partial charge in [0, 0.05) is 25.8 Å². The Labute approximate surface area is 137 Å². The zero-order valence-corrected chi connectivity index (χ0v) is 14.7.